The number of fused-ring (bicyclic) bond motifs is 1. The van der Waals surface area contributed by atoms with Gasteiger partial charge in [0.25, 0.3) is 0 Å². The second-order valence-corrected chi connectivity index (χ2v) is 10.4. The zero-order chi connectivity index (χ0) is 22.9. The van der Waals surface area contributed by atoms with E-state index in [4.69, 9.17) is 14.2 Å². The minimum Gasteiger partial charge on any atom is -0.493 e. The zero-order valence-corrected chi connectivity index (χ0v) is 19.4. The van der Waals surface area contributed by atoms with Gasteiger partial charge in [0.05, 0.1) is 36.9 Å². The molecule has 1 aliphatic heterocycles. The van der Waals surface area contributed by atoms with Gasteiger partial charge in [0.15, 0.2) is 11.5 Å². The van der Waals surface area contributed by atoms with Gasteiger partial charge in [-0.05, 0) is 55.7 Å². The number of nitrogens with zero attached hydrogens (tertiary/aromatic N) is 2. The molecule has 2 aromatic rings. The predicted molar refractivity (Wildman–Crippen MR) is 122 cm³/mol. The van der Waals surface area contributed by atoms with E-state index in [0.717, 1.165) is 29.8 Å². The first-order chi connectivity index (χ1) is 15.3. The summed E-state index contributed by atoms with van der Waals surface area (Å²) in [6, 6.07) is 9.79. The van der Waals surface area contributed by atoms with E-state index in [2.05, 4.69) is 4.90 Å². The summed E-state index contributed by atoms with van der Waals surface area (Å²) in [4.78, 5) is 3.96. The molecule has 1 fully saturated rings. The van der Waals surface area contributed by atoms with Gasteiger partial charge in [-0.2, -0.15) is 0 Å². The Morgan fingerprint density at radius 3 is 2.56 bits per heavy atom. The fourth-order valence-electron chi connectivity index (χ4n) is 4.11. The molecule has 0 N–H and O–H groups in total. The summed E-state index contributed by atoms with van der Waals surface area (Å²) >= 11 is 0. The molecule has 0 spiro atoms. The molecule has 0 aromatic heterocycles. The van der Waals surface area contributed by atoms with Crippen molar-refractivity contribution in [1.29, 1.82) is 0 Å². The highest BCUT2D eigenvalue weighted by molar-refractivity contribution is 7.90. The summed E-state index contributed by atoms with van der Waals surface area (Å²) in [7, 11) is -1.80. The Morgan fingerprint density at radius 2 is 1.91 bits per heavy atom. The Balaban J connectivity index is 1.81. The number of hydrogen-bond donors (Lipinski definition) is 0. The normalized spacial score (nSPS) is 17.5. The fraction of sp³-hybridized carbons (Fsp3) is 0.478. The van der Waals surface area contributed by atoms with Crippen LogP contribution in [0.2, 0.25) is 0 Å². The lowest BCUT2D eigenvalue weighted by molar-refractivity contribution is 0.133. The van der Waals surface area contributed by atoms with E-state index in [9.17, 15) is 12.8 Å². The van der Waals surface area contributed by atoms with Crippen molar-refractivity contribution in [2.75, 3.05) is 49.0 Å². The average Bonchev–Trinajstić information content (AvgIpc) is 3.58. The molecule has 4 rings (SSSR count). The van der Waals surface area contributed by atoms with Crippen LogP contribution in [0.4, 0.5) is 15.8 Å². The summed E-state index contributed by atoms with van der Waals surface area (Å²) in [6.45, 7) is 2.83. The topological polar surface area (TPSA) is 68.3 Å². The molecule has 0 saturated heterocycles. The van der Waals surface area contributed by atoms with Crippen LogP contribution in [0, 0.1) is 5.82 Å². The Kier molecular flexibility index (Phi) is 6.48. The van der Waals surface area contributed by atoms with Crippen LogP contribution in [0.3, 0.4) is 0 Å². The number of benzene rings is 2. The molecule has 2 aromatic carbocycles. The van der Waals surface area contributed by atoms with Crippen LogP contribution < -0.4 is 19.3 Å². The van der Waals surface area contributed by atoms with Crippen LogP contribution in [-0.4, -0.2) is 53.6 Å². The number of methoxy groups -OCH3 is 1. The van der Waals surface area contributed by atoms with E-state index in [0.29, 0.717) is 30.9 Å². The van der Waals surface area contributed by atoms with Crippen molar-refractivity contribution in [2.24, 2.45) is 0 Å². The van der Waals surface area contributed by atoms with Crippen LogP contribution in [0.1, 0.15) is 31.4 Å². The van der Waals surface area contributed by atoms with Crippen molar-refractivity contribution in [2.45, 2.75) is 31.8 Å². The van der Waals surface area contributed by atoms with Gasteiger partial charge in [0, 0.05) is 12.3 Å². The molecule has 1 aliphatic carbocycles. The summed E-state index contributed by atoms with van der Waals surface area (Å²) in [5, 5.41) is 0. The Labute approximate surface area is 188 Å². The highest BCUT2D eigenvalue weighted by Crippen LogP contribution is 2.43. The lowest BCUT2D eigenvalue weighted by Crippen LogP contribution is -2.34. The number of ether oxygens (including phenoxy) is 3. The van der Waals surface area contributed by atoms with Gasteiger partial charge in [-0.3, -0.25) is 0 Å². The summed E-state index contributed by atoms with van der Waals surface area (Å²) < 4.78 is 56.1. The van der Waals surface area contributed by atoms with Crippen LogP contribution in [0.25, 0.3) is 0 Å². The maximum Gasteiger partial charge on any atom is 0.161 e. The third-order valence-corrected chi connectivity index (χ3v) is 6.64. The second kappa shape index (κ2) is 9.15. The van der Waals surface area contributed by atoms with Gasteiger partial charge in [-0.1, -0.05) is 6.07 Å². The SMILES string of the molecule is CCOc1cc(C(CS(C)(=O)=O)N2COCN(C3CC3)c3cc(F)ccc32)ccc1OC. The first-order valence-corrected chi connectivity index (χ1v) is 12.8. The molecule has 1 atom stereocenters. The van der Waals surface area contributed by atoms with Crippen molar-refractivity contribution in [1.82, 2.24) is 0 Å². The maximum absolute atomic E-state index is 14.2. The molecule has 2 aliphatic rings. The van der Waals surface area contributed by atoms with Crippen LogP contribution in [0.5, 0.6) is 11.5 Å². The maximum atomic E-state index is 14.2. The van der Waals surface area contributed by atoms with E-state index >= 15 is 0 Å². The molecular weight excluding hydrogens is 435 g/mol. The van der Waals surface area contributed by atoms with Gasteiger partial charge in [-0.25, -0.2) is 12.8 Å². The molecular formula is C23H29FN2O5S. The summed E-state index contributed by atoms with van der Waals surface area (Å²) in [6.07, 6.45) is 3.28. The second-order valence-electron chi connectivity index (χ2n) is 8.22. The number of halogens is 1. The van der Waals surface area contributed by atoms with Crippen molar-refractivity contribution in [3.8, 4) is 11.5 Å². The van der Waals surface area contributed by atoms with E-state index in [1.807, 2.05) is 24.0 Å². The van der Waals surface area contributed by atoms with E-state index in [1.165, 1.54) is 18.4 Å². The third-order valence-electron chi connectivity index (χ3n) is 5.71. The van der Waals surface area contributed by atoms with Crippen LogP contribution in [-0.2, 0) is 14.6 Å². The zero-order valence-electron chi connectivity index (χ0n) is 18.6. The fourth-order valence-corrected chi connectivity index (χ4v) is 5.06. The summed E-state index contributed by atoms with van der Waals surface area (Å²) in [5.41, 5.74) is 2.22. The quantitative estimate of drug-likeness (QED) is 0.590. The highest BCUT2D eigenvalue weighted by atomic mass is 32.2. The average molecular weight is 465 g/mol. The van der Waals surface area contributed by atoms with Gasteiger partial charge in [0.2, 0.25) is 0 Å². The monoisotopic (exact) mass is 464 g/mol. The van der Waals surface area contributed by atoms with Gasteiger partial charge in [-0.15, -0.1) is 0 Å². The number of hydrogen-bond acceptors (Lipinski definition) is 7. The molecule has 174 valence electrons. The number of rotatable bonds is 8. The van der Waals surface area contributed by atoms with E-state index in [-0.39, 0.29) is 18.3 Å². The van der Waals surface area contributed by atoms with Crippen molar-refractivity contribution < 1.29 is 27.0 Å². The minimum absolute atomic E-state index is 0.130. The van der Waals surface area contributed by atoms with Gasteiger partial charge < -0.3 is 24.0 Å². The van der Waals surface area contributed by atoms with Crippen LogP contribution in [0.15, 0.2) is 36.4 Å². The molecule has 32 heavy (non-hydrogen) atoms. The van der Waals surface area contributed by atoms with Gasteiger partial charge in [0.1, 0.15) is 29.1 Å². The predicted octanol–water partition coefficient (Wildman–Crippen LogP) is 3.74. The first kappa shape index (κ1) is 22.7. The van der Waals surface area contributed by atoms with Crippen LogP contribution >= 0.6 is 0 Å². The molecule has 0 radical (unpaired) electrons. The molecule has 1 saturated carbocycles. The standard InChI is InChI=1S/C23H29FN2O5S/c1-4-31-23-11-16(5-10-22(23)29-2)21(13-32(3,27)28)26-15-30-14-25(18-7-8-18)20-12-17(24)6-9-19(20)26/h5-6,9-12,18,21H,4,7-8,13-15H2,1-3H3. The minimum atomic E-state index is -3.36. The molecule has 1 unspecified atom stereocenters. The van der Waals surface area contributed by atoms with E-state index < -0.39 is 15.9 Å². The van der Waals surface area contributed by atoms with Crippen molar-refractivity contribution in [3.05, 3.63) is 47.8 Å². The smallest absolute Gasteiger partial charge is 0.161 e. The summed E-state index contributed by atoms with van der Waals surface area (Å²) in [5.74, 6) is 0.650. The van der Waals surface area contributed by atoms with Crippen molar-refractivity contribution in [3.63, 3.8) is 0 Å². The Hall–Kier alpha value is -2.52. The number of sulfone groups is 1. The van der Waals surface area contributed by atoms with Gasteiger partial charge >= 0.3 is 0 Å². The Bertz CT molecular complexity index is 1070. The molecule has 9 heteroatoms. The molecule has 1 heterocycles. The first-order valence-electron chi connectivity index (χ1n) is 10.7. The lowest BCUT2D eigenvalue weighted by atomic mass is 10.0. The highest BCUT2D eigenvalue weighted by Gasteiger charge is 2.36. The van der Waals surface area contributed by atoms with Crippen molar-refractivity contribution >= 4 is 21.2 Å². The van der Waals surface area contributed by atoms with E-state index in [1.54, 1.807) is 19.2 Å². The molecule has 0 bridgehead atoms. The molecule has 7 nitrogen and oxygen atoms in total. The Morgan fingerprint density at radius 1 is 1.12 bits per heavy atom. The lowest BCUT2D eigenvalue weighted by Gasteiger charge is -2.33. The largest absolute Gasteiger partial charge is 0.493 e. The number of anilines is 2. The molecule has 0 amide bonds. The third kappa shape index (κ3) is 4.94.